The van der Waals surface area contributed by atoms with Gasteiger partial charge < -0.3 is 0 Å². The van der Waals surface area contributed by atoms with Gasteiger partial charge in [-0.05, 0) is 73.5 Å². The summed E-state index contributed by atoms with van der Waals surface area (Å²) in [5, 5.41) is 9.53. The lowest BCUT2D eigenvalue weighted by Crippen LogP contribution is -2.24. The molecule has 0 N–H and O–H groups in total. The molecule has 0 bridgehead atoms. The molecular weight excluding hydrogens is 584 g/mol. The molecule has 212 valence electrons. The summed E-state index contributed by atoms with van der Waals surface area (Å²) in [5.74, 6) is 0. The van der Waals surface area contributed by atoms with Crippen molar-refractivity contribution in [2.45, 2.75) is 0 Å². The Morgan fingerprint density at radius 3 is 1.71 bits per heavy atom. The summed E-state index contributed by atoms with van der Waals surface area (Å²) in [7, 11) is 0. The average molecular weight is 611 g/mol. The van der Waals surface area contributed by atoms with E-state index < -0.39 is 6.04 Å². The fourth-order valence-electron chi connectivity index (χ4n) is 6.81. The summed E-state index contributed by atoms with van der Waals surface area (Å²) in [4.78, 5) is 5.29. The Morgan fingerprint density at radius 2 is 1.04 bits per heavy atom. The van der Waals surface area contributed by atoms with E-state index in [1.807, 2.05) is 0 Å². The van der Waals surface area contributed by atoms with Crippen LogP contribution >= 0.6 is 6.04 Å². The molecule has 0 unspecified atom stereocenters. The fourth-order valence-corrected chi connectivity index (χ4v) is 10.5. The van der Waals surface area contributed by atoms with Crippen LogP contribution in [0.25, 0.3) is 60.3 Å². The molecule has 0 aliphatic rings. The van der Waals surface area contributed by atoms with Crippen LogP contribution < -0.4 is 15.9 Å². The molecule has 45 heavy (non-hydrogen) atoms. The number of aromatic nitrogens is 2. The molecule has 0 fully saturated rings. The minimum Gasteiger partial charge on any atom is -0.292 e. The van der Waals surface area contributed by atoms with E-state index in [4.69, 9.17) is 16.8 Å². The molecule has 0 saturated heterocycles. The molecule has 9 aromatic rings. The van der Waals surface area contributed by atoms with Crippen LogP contribution in [0.4, 0.5) is 0 Å². The first kappa shape index (κ1) is 26.3. The van der Waals surface area contributed by atoms with Gasteiger partial charge in [0.15, 0.2) is 0 Å². The summed E-state index contributed by atoms with van der Waals surface area (Å²) >= 11 is 6.79. The molecule has 0 spiro atoms. The zero-order valence-electron chi connectivity index (χ0n) is 24.3. The predicted molar refractivity (Wildman–Crippen MR) is 197 cm³/mol. The van der Waals surface area contributed by atoms with Gasteiger partial charge in [-0.1, -0.05) is 145 Å². The molecule has 7 aromatic carbocycles. The summed E-state index contributed by atoms with van der Waals surface area (Å²) in [5.41, 5.74) is 6.53. The van der Waals surface area contributed by atoms with Crippen LogP contribution in [-0.4, -0.2) is 9.38 Å². The Morgan fingerprint density at radius 1 is 0.444 bits per heavy atom. The van der Waals surface area contributed by atoms with E-state index in [1.54, 1.807) is 0 Å². The number of nitrogens with zero attached hydrogens (tertiary/aromatic N) is 2. The molecule has 4 heteroatoms. The monoisotopic (exact) mass is 610 g/mol. The zero-order chi connectivity index (χ0) is 30.0. The van der Waals surface area contributed by atoms with Gasteiger partial charge in [-0.3, -0.25) is 4.40 Å². The Bertz CT molecular complexity index is 2570. The summed E-state index contributed by atoms with van der Waals surface area (Å²) in [6.07, 6.45) is 0. The van der Waals surface area contributed by atoms with Gasteiger partial charge in [-0.25, -0.2) is 4.98 Å². The van der Waals surface area contributed by atoms with Crippen LogP contribution in [0.15, 0.2) is 164 Å². The van der Waals surface area contributed by atoms with Crippen LogP contribution in [0.3, 0.4) is 0 Å². The van der Waals surface area contributed by atoms with Crippen molar-refractivity contribution < 1.29 is 0 Å². The molecule has 0 radical (unpaired) electrons. The van der Waals surface area contributed by atoms with Crippen molar-refractivity contribution >= 4 is 82.9 Å². The first-order chi connectivity index (χ1) is 22.2. The number of hydrogen-bond acceptors (Lipinski definition) is 2. The molecule has 0 saturated carbocycles. The number of hydrogen-bond donors (Lipinski definition) is 0. The molecule has 0 atom stereocenters. The Balaban J connectivity index is 1.44. The first-order valence-electron chi connectivity index (χ1n) is 15.2. The van der Waals surface area contributed by atoms with E-state index >= 15 is 0 Å². The number of imidazole rings is 1. The number of benzene rings is 7. The molecule has 2 aromatic heterocycles. The van der Waals surface area contributed by atoms with Gasteiger partial charge in [0, 0.05) is 16.8 Å². The highest BCUT2D eigenvalue weighted by atomic mass is 32.4. The molecule has 2 nitrogen and oxygen atoms in total. The topological polar surface area (TPSA) is 17.3 Å². The van der Waals surface area contributed by atoms with Crippen molar-refractivity contribution in [1.29, 1.82) is 0 Å². The summed E-state index contributed by atoms with van der Waals surface area (Å²) in [6, 6.07) is 56.3. The first-order valence-corrected chi connectivity index (χ1v) is 18.0. The van der Waals surface area contributed by atoms with Gasteiger partial charge in [0.2, 0.25) is 0 Å². The summed E-state index contributed by atoms with van der Waals surface area (Å²) < 4.78 is 2.37. The molecule has 2 heterocycles. The number of rotatable bonds is 4. The van der Waals surface area contributed by atoms with Crippen LogP contribution in [0.2, 0.25) is 0 Å². The number of fused-ring (bicyclic) bond motifs is 9. The van der Waals surface area contributed by atoms with Gasteiger partial charge in [-0.2, -0.15) is 0 Å². The summed E-state index contributed by atoms with van der Waals surface area (Å²) in [6.45, 7) is 0. The third-order valence-electron chi connectivity index (χ3n) is 9.00. The van der Waals surface area contributed by atoms with E-state index in [-0.39, 0.29) is 0 Å². The quantitative estimate of drug-likeness (QED) is 0.112. The third kappa shape index (κ3) is 4.09. The third-order valence-corrected chi connectivity index (χ3v) is 14.0. The van der Waals surface area contributed by atoms with Gasteiger partial charge >= 0.3 is 0 Å². The lowest BCUT2D eigenvalue weighted by Gasteiger charge is -2.25. The van der Waals surface area contributed by atoms with Gasteiger partial charge in [0.05, 0.1) is 16.6 Å². The second-order valence-electron chi connectivity index (χ2n) is 11.6. The molecule has 9 rings (SSSR count). The van der Waals surface area contributed by atoms with Gasteiger partial charge in [-0.15, -0.1) is 0 Å². The second-order valence-corrected chi connectivity index (χ2v) is 16.0. The Labute approximate surface area is 266 Å². The molecule has 0 aliphatic heterocycles. The van der Waals surface area contributed by atoms with E-state index in [9.17, 15) is 0 Å². The van der Waals surface area contributed by atoms with E-state index in [1.165, 1.54) is 48.6 Å². The van der Waals surface area contributed by atoms with Crippen molar-refractivity contribution in [3.63, 3.8) is 0 Å². The normalized spacial score (nSPS) is 12.1. The molecule has 0 amide bonds. The average Bonchev–Trinajstić information content (AvgIpc) is 3.51. The van der Waals surface area contributed by atoms with Crippen LogP contribution in [0.1, 0.15) is 0 Å². The zero-order valence-corrected chi connectivity index (χ0v) is 26.0. The maximum atomic E-state index is 6.79. The second kappa shape index (κ2) is 10.2. The number of pyridine rings is 1. The Hall–Kier alpha value is -5.08. The van der Waals surface area contributed by atoms with Crippen LogP contribution in [-0.2, 0) is 11.8 Å². The fraction of sp³-hybridized carbons (Fsp3) is 0. The van der Waals surface area contributed by atoms with Gasteiger partial charge in [0.25, 0.3) is 0 Å². The van der Waals surface area contributed by atoms with Crippen molar-refractivity contribution in [2.24, 2.45) is 0 Å². The predicted octanol–water partition coefficient (Wildman–Crippen LogP) is 9.37. The maximum Gasteiger partial charge on any atom is 0.146 e. The highest BCUT2D eigenvalue weighted by Gasteiger charge is 2.26. The maximum absolute atomic E-state index is 6.79. The van der Waals surface area contributed by atoms with E-state index in [2.05, 4.69) is 168 Å². The standard InChI is InChI=1S/C41H27N2PS/c45-44(32-16-6-2-7-17-32,33-18-8-3-9-19-33)34-21-22-35-36-24-29-14-10-11-15-30(29)25-37(36)41-42-38-23-20-31(28-12-4-1-5-13-28)26-40(38)43(41)39(35)27-34/h1-27H. The largest absolute Gasteiger partial charge is 0.292 e. The van der Waals surface area contributed by atoms with Crippen LogP contribution in [0, 0.1) is 0 Å². The lowest BCUT2D eigenvalue weighted by molar-refractivity contribution is 1.32. The Kier molecular flexibility index (Phi) is 5.99. The van der Waals surface area contributed by atoms with Crippen molar-refractivity contribution in [2.75, 3.05) is 0 Å². The highest BCUT2D eigenvalue weighted by Crippen LogP contribution is 2.44. The van der Waals surface area contributed by atoms with E-state index in [0.29, 0.717) is 0 Å². The lowest BCUT2D eigenvalue weighted by atomic mass is 10.0. The molecule has 0 aliphatic carbocycles. The SMILES string of the molecule is S=P(c1ccccc1)(c1ccccc1)c1ccc2c3cc4ccccc4cc3c3nc4ccc(-c5ccccc5)cc4n3c2c1. The minimum atomic E-state index is -2.36. The van der Waals surface area contributed by atoms with Crippen molar-refractivity contribution in [3.8, 4) is 11.1 Å². The minimum absolute atomic E-state index is 0.966. The van der Waals surface area contributed by atoms with Crippen molar-refractivity contribution in [3.05, 3.63) is 164 Å². The molecular formula is C41H27N2PS. The smallest absolute Gasteiger partial charge is 0.146 e. The van der Waals surface area contributed by atoms with E-state index in [0.717, 1.165) is 27.6 Å². The van der Waals surface area contributed by atoms with Crippen LogP contribution in [0.5, 0.6) is 0 Å². The highest BCUT2D eigenvalue weighted by molar-refractivity contribution is 8.25. The van der Waals surface area contributed by atoms with Gasteiger partial charge in [0.1, 0.15) is 5.65 Å². The van der Waals surface area contributed by atoms with Crippen molar-refractivity contribution in [1.82, 2.24) is 9.38 Å².